The van der Waals surface area contributed by atoms with E-state index >= 15 is 0 Å². The summed E-state index contributed by atoms with van der Waals surface area (Å²) in [4.78, 5) is 11.4. The molecule has 1 heterocycles. The van der Waals surface area contributed by atoms with Gasteiger partial charge in [-0.1, -0.05) is 6.07 Å². The van der Waals surface area contributed by atoms with Gasteiger partial charge < -0.3 is 17.7 Å². The molecule has 16 heavy (non-hydrogen) atoms. The van der Waals surface area contributed by atoms with Gasteiger partial charge in [-0.05, 0) is 32.4 Å². The first kappa shape index (κ1) is 12.7. The quantitative estimate of drug-likeness (QED) is 0.698. The van der Waals surface area contributed by atoms with Gasteiger partial charge in [-0.2, -0.15) is 0 Å². The molecule has 0 bridgehead atoms. The highest BCUT2D eigenvalue weighted by Gasteiger charge is 2.31. The summed E-state index contributed by atoms with van der Waals surface area (Å²) in [5.74, 6) is 0. The second-order valence-electron chi connectivity index (χ2n) is 4.36. The lowest BCUT2D eigenvalue weighted by molar-refractivity contribution is 0.0540. The Morgan fingerprint density at radius 1 is 1.38 bits per heavy atom. The van der Waals surface area contributed by atoms with E-state index in [9.17, 15) is 17.7 Å². The van der Waals surface area contributed by atoms with Gasteiger partial charge in [-0.25, -0.2) is 4.79 Å². The first-order chi connectivity index (χ1) is 7.11. The molecule has 1 aromatic heterocycles. The van der Waals surface area contributed by atoms with Gasteiger partial charge in [0.2, 0.25) is 0 Å². The summed E-state index contributed by atoms with van der Waals surface area (Å²) in [6, 6.07) is 2.01. The molecule has 0 radical (unpaired) electrons. The molecule has 0 aliphatic carbocycles. The molecule has 0 aliphatic heterocycles. The van der Waals surface area contributed by atoms with Gasteiger partial charge >= 0.3 is 13.1 Å². The van der Waals surface area contributed by atoms with Gasteiger partial charge in [0.15, 0.2) is 0 Å². The predicted molar refractivity (Wildman–Crippen MR) is 54.8 cm³/mol. The van der Waals surface area contributed by atoms with Crippen molar-refractivity contribution in [2.75, 3.05) is 0 Å². The summed E-state index contributed by atoms with van der Waals surface area (Å²) in [6.45, 7) is -0.443. The van der Waals surface area contributed by atoms with Gasteiger partial charge in [0, 0.05) is 6.20 Å². The summed E-state index contributed by atoms with van der Waals surface area (Å²) in [5, 5.41) is 0. The lowest BCUT2D eigenvalue weighted by atomic mass is 9.86. The van der Waals surface area contributed by atoms with Crippen LogP contribution in [0.5, 0.6) is 0 Å². The number of nitrogens with zero attached hydrogens (tertiary/aromatic N) is 1. The molecule has 7 heteroatoms. The zero-order chi connectivity index (χ0) is 12.6. The lowest BCUT2D eigenvalue weighted by Gasteiger charge is -2.23. The van der Waals surface area contributed by atoms with Crippen LogP contribution in [0.15, 0.2) is 18.3 Å². The van der Waals surface area contributed by atoms with Crippen molar-refractivity contribution in [3.8, 4) is 0 Å². The molecule has 0 aromatic carbocycles. The molecule has 0 unspecified atom stereocenters. The predicted octanol–water partition coefficient (Wildman–Crippen LogP) is 2.33. The Kier molecular flexibility index (Phi) is 3.07. The summed E-state index contributed by atoms with van der Waals surface area (Å²) in [5.41, 5.74) is -1.80. The number of aromatic nitrogens is 1. The van der Waals surface area contributed by atoms with Crippen molar-refractivity contribution >= 4 is 18.7 Å². The van der Waals surface area contributed by atoms with Crippen LogP contribution in [0.25, 0.3) is 0 Å². The van der Waals surface area contributed by atoms with Crippen LogP contribution in [0.2, 0.25) is 0 Å². The van der Waals surface area contributed by atoms with Crippen molar-refractivity contribution in [2.45, 2.75) is 26.4 Å². The number of hydrogen-bond donors (Lipinski definition) is 0. The minimum absolute atomic E-state index is 0.477. The number of carbonyl (C=O) groups is 1. The van der Waals surface area contributed by atoms with Gasteiger partial charge in [0.25, 0.3) is 0 Å². The Labute approximate surface area is 91.3 Å². The van der Waals surface area contributed by atoms with Crippen molar-refractivity contribution in [1.82, 2.24) is 4.57 Å². The third kappa shape index (κ3) is 3.05. The van der Waals surface area contributed by atoms with E-state index in [0.717, 1.165) is 18.3 Å². The second-order valence-corrected chi connectivity index (χ2v) is 4.36. The summed E-state index contributed by atoms with van der Waals surface area (Å²) in [6.07, 6.45) is 0.0188. The van der Waals surface area contributed by atoms with Gasteiger partial charge in [0.05, 0.1) is 0 Å². The second kappa shape index (κ2) is 3.88. The molecule has 3 nitrogen and oxygen atoms in total. The SMILES string of the molecule is CC(C)(C)OC(=O)n1cccc1[B-](F)(F)F. The maximum absolute atomic E-state index is 12.5. The molecule has 90 valence electrons. The van der Waals surface area contributed by atoms with Crippen molar-refractivity contribution in [1.29, 1.82) is 0 Å². The van der Waals surface area contributed by atoms with E-state index in [0.29, 0.717) is 4.57 Å². The molecule has 0 saturated carbocycles. The largest absolute Gasteiger partial charge is 0.526 e. The van der Waals surface area contributed by atoms with Crippen LogP contribution in [0.1, 0.15) is 20.8 Å². The normalized spacial score (nSPS) is 12.6. The van der Waals surface area contributed by atoms with Crippen LogP contribution in [-0.2, 0) is 4.74 Å². The highest BCUT2D eigenvalue weighted by Crippen LogP contribution is 2.12. The van der Waals surface area contributed by atoms with Crippen LogP contribution < -0.4 is 5.59 Å². The number of rotatable bonds is 1. The molecule has 1 rings (SSSR count). The average molecular weight is 234 g/mol. The average Bonchev–Trinajstić information content (AvgIpc) is 2.45. The summed E-state index contributed by atoms with van der Waals surface area (Å²) < 4.78 is 42.9. The van der Waals surface area contributed by atoms with Crippen LogP contribution in [0.3, 0.4) is 0 Å². The maximum atomic E-state index is 12.5. The van der Waals surface area contributed by atoms with Crippen molar-refractivity contribution < 1.29 is 22.5 Å². The minimum Gasteiger partial charge on any atom is -0.444 e. The molecule has 0 fully saturated rings. The lowest BCUT2D eigenvalue weighted by Crippen LogP contribution is -2.43. The van der Waals surface area contributed by atoms with Crippen LogP contribution >= 0.6 is 0 Å². The number of halogens is 3. The van der Waals surface area contributed by atoms with Crippen molar-refractivity contribution in [2.24, 2.45) is 0 Å². The van der Waals surface area contributed by atoms with Gasteiger partial charge in [-0.15, -0.1) is 0 Å². The topological polar surface area (TPSA) is 31.2 Å². The van der Waals surface area contributed by atoms with Gasteiger partial charge in [0.1, 0.15) is 5.60 Å². The van der Waals surface area contributed by atoms with Crippen LogP contribution in [-0.4, -0.2) is 23.2 Å². The fourth-order valence-electron chi connectivity index (χ4n) is 1.14. The zero-order valence-electron chi connectivity index (χ0n) is 9.21. The first-order valence-corrected chi connectivity index (χ1v) is 4.72. The Bertz CT molecular complexity index is 392. The van der Waals surface area contributed by atoms with Crippen LogP contribution in [0, 0.1) is 0 Å². The van der Waals surface area contributed by atoms with E-state index in [4.69, 9.17) is 4.74 Å². The molecule has 0 aliphatic rings. The third-order valence-electron chi connectivity index (χ3n) is 1.71. The Balaban J connectivity index is 2.98. The molecule has 0 N–H and O–H groups in total. The number of hydrogen-bond acceptors (Lipinski definition) is 2. The number of carbonyl (C=O) groups excluding carboxylic acids is 1. The smallest absolute Gasteiger partial charge is 0.444 e. The maximum Gasteiger partial charge on any atom is 0.526 e. The highest BCUT2D eigenvalue weighted by molar-refractivity contribution is 6.73. The Hall–Kier alpha value is -1.40. The highest BCUT2D eigenvalue weighted by atomic mass is 19.4. The monoisotopic (exact) mass is 234 g/mol. The van der Waals surface area contributed by atoms with Gasteiger partial charge in [-0.3, -0.25) is 4.57 Å². The molecular weight excluding hydrogens is 222 g/mol. The third-order valence-corrected chi connectivity index (χ3v) is 1.71. The van der Waals surface area contributed by atoms with E-state index in [-0.39, 0.29) is 0 Å². The molecular formula is C9H12BF3NO2-. The van der Waals surface area contributed by atoms with Crippen LogP contribution in [0.4, 0.5) is 17.7 Å². The minimum atomic E-state index is -5.21. The van der Waals surface area contributed by atoms with E-state index < -0.39 is 24.3 Å². The number of ether oxygens (including phenoxy) is 1. The first-order valence-electron chi connectivity index (χ1n) is 4.72. The molecule has 0 saturated heterocycles. The summed E-state index contributed by atoms with van der Waals surface area (Å²) in [7, 11) is 0. The van der Waals surface area contributed by atoms with E-state index in [1.54, 1.807) is 20.8 Å². The molecule has 0 spiro atoms. The Morgan fingerprint density at radius 3 is 2.38 bits per heavy atom. The van der Waals surface area contributed by atoms with Crippen molar-refractivity contribution in [3.63, 3.8) is 0 Å². The zero-order valence-corrected chi connectivity index (χ0v) is 9.21. The molecule has 0 atom stereocenters. The fourth-order valence-corrected chi connectivity index (χ4v) is 1.14. The molecule has 0 amide bonds. The van der Waals surface area contributed by atoms with E-state index in [1.165, 1.54) is 0 Å². The van der Waals surface area contributed by atoms with E-state index in [1.807, 2.05) is 0 Å². The standard InChI is InChI=1S/C9H12BF3NO2/c1-9(2,3)16-8(15)14-6-4-5-7(14)10(11,12)13/h4-6H,1-3H3/q-1. The Morgan fingerprint density at radius 2 is 1.94 bits per heavy atom. The summed E-state index contributed by atoms with van der Waals surface area (Å²) >= 11 is 0. The van der Waals surface area contributed by atoms with Crippen molar-refractivity contribution in [3.05, 3.63) is 18.3 Å². The van der Waals surface area contributed by atoms with E-state index in [2.05, 4.69) is 0 Å². The molecule has 1 aromatic rings. The fraction of sp³-hybridized carbons (Fsp3) is 0.444.